The number of carbonyl (C=O) groups excluding carboxylic acids is 1. The summed E-state index contributed by atoms with van der Waals surface area (Å²) in [7, 11) is 0. The van der Waals surface area contributed by atoms with Crippen molar-refractivity contribution < 1.29 is 4.79 Å². The van der Waals surface area contributed by atoms with Gasteiger partial charge in [-0.1, -0.05) is 12.1 Å². The Morgan fingerprint density at radius 3 is 2.76 bits per heavy atom. The first-order valence-electron chi connectivity index (χ1n) is 10.2. The van der Waals surface area contributed by atoms with Crippen molar-refractivity contribution in [3.05, 3.63) is 63.3 Å². The van der Waals surface area contributed by atoms with Crippen LogP contribution in [-0.4, -0.2) is 40.1 Å². The maximum Gasteiger partial charge on any atom is 0.263 e. The quantitative estimate of drug-likeness (QED) is 0.620. The number of pyridine rings is 1. The van der Waals surface area contributed by atoms with Crippen molar-refractivity contribution in [3.63, 3.8) is 0 Å². The Kier molecular flexibility index (Phi) is 5.49. The number of rotatable bonds is 5. The molecule has 0 radical (unpaired) electrons. The van der Waals surface area contributed by atoms with E-state index in [0.29, 0.717) is 18.5 Å². The van der Waals surface area contributed by atoms with Gasteiger partial charge >= 0.3 is 0 Å². The number of amides is 1. The molecule has 1 fully saturated rings. The fourth-order valence-electron chi connectivity index (χ4n) is 4.02. The number of hydrogen-bond acceptors (Lipinski definition) is 4. The van der Waals surface area contributed by atoms with Crippen LogP contribution in [-0.2, 0) is 6.42 Å². The third kappa shape index (κ3) is 3.96. The average molecular weight is 393 g/mol. The predicted molar refractivity (Wildman–Crippen MR) is 113 cm³/mol. The molecule has 1 saturated heterocycles. The number of para-hydroxylation sites is 1. The van der Waals surface area contributed by atoms with Gasteiger partial charge in [0.25, 0.3) is 11.5 Å². The summed E-state index contributed by atoms with van der Waals surface area (Å²) in [5.74, 6) is 0.509. The lowest BCUT2D eigenvalue weighted by atomic mass is 10.0. The zero-order valence-electron chi connectivity index (χ0n) is 16.9. The summed E-state index contributed by atoms with van der Waals surface area (Å²) in [6.45, 7) is 6.04. The van der Waals surface area contributed by atoms with Crippen LogP contribution in [0.15, 0.2) is 35.3 Å². The van der Waals surface area contributed by atoms with Crippen molar-refractivity contribution in [2.24, 2.45) is 0 Å². The van der Waals surface area contributed by atoms with Crippen LogP contribution < -0.4 is 16.2 Å². The molecule has 0 spiro atoms. The molecule has 0 saturated carbocycles. The number of hydrogen-bond donors (Lipinski definition) is 3. The van der Waals surface area contributed by atoms with Gasteiger partial charge in [0.15, 0.2) is 0 Å². The molecule has 1 aromatic carbocycles. The van der Waals surface area contributed by atoms with E-state index in [4.69, 9.17) is 0 Å². The molecule has 3 N–H and O–H groups in total. The van der Waals surface area contributed by atoms with Gasteiger partial charge in [0.1, 0.15) is 11.4 Å². The summed E-state index contributed by atoms with van der Waals surface area (Å²) in [6.07, 6.45) is 4.19. The Hall–Kier alpha value is -2.93. The molecule has 1 aliphatic heterocycles. The van der Waals surface area contributed by atoms with E-state index in [1.165, 1.54) is 0 Å². The number of aromatic nitrogens is 3. The number of nitrogens with one attached hydrogen (secondary N) is 3. The second-order valence-corrected chi connectivity index (χ2v) is 7.73. The van der Waals surface area contributed by atoms with Crippen molar-refractivity contribution >= 4 is 16.9 Å². The monoisotopic (exact) mass is 393 g/mol. The van der Waals surface area contributed by atoms with Gasteiger partial charge in [-0.3, -0.25) is 9.59 Å². The van der Waals surface area contributed by atoms with Gasteiger partial charge in [-0.15, -0.1) is 0 Å². The second kappa shape index (κ2) is 8.21. The van der Waals surface area contributed by atoms with Gasteiger partial charge in [-0.05, 0) is 63.0 Å². The van der Waals surface area contributed by atoms with E-state index < -0.39 is 0 Å². The van der Waals surface area contributed by atoms with E-state index in [2.05, 4.69) is 20.6 Å². The summed E-state index contributed by atoms with van der Waals surface area (Å²) in [5, 5.41) is 6.20. The molecule has 4 rings (SSSR count). The number of H-pyrrole nitrogens is 1. The minimum atomic E-state index is -0.317. The Morgan fingerprint density at radius 1 is 1.21 bits per heavy atom. The van der Waals surface area contributed by atoms with Crippen LogP contribution in [0, 0.1) is 13.8 Å². The smallest absolute Gasteiger partial charge is 0.263 e. The first-order chi connectivity index (χ1) is 14.0. The highest BCUT2D eigenvalue weighted by molar-refractivity contribution is 5.95. The highest BCUT2D eigenvalue weighted by Crippen LogP contribution is 2.18. The van der Waals surface area contributed by atoms with Crippen LogP contribution >= 0.6 is 0 Å². The highest BCUT2D eigenvalue weighted by Gasteiger charge is 2.21. The van der Waals surface area contributed by atoms with Gasteiger partial charge in [0.2, 0.25) is 0 Å². The molecule has 3 heterocycles. The van der Waals surface area contributed by atoms with Gasteiger partial charge in [0, 0.05) is 25.2 Å². The number of piperidine rings is 1. The molecular weight excluding hydrogens is 366 g/mol. The number of benzene rings is 1. The number of nitrogens with zero attached hydrogens (tertiary/aromatic N) is 2. The standard InChI is InChI=1S/C22H27N5O2/c1-14-9-13-27(16-6-10-23-11-7-16)22(29)19(14)21(28)24-12-8-18-25-17-5-3-4-15(2)20(17)26-18/h3-5,9,13,16,23H,6-8,10-12H2,1-2H3,(H,24,28)(H,25,26). The van der Waals surface area contributed by atoms with Crippen molar-refractivity contribution in [1.29, 1.82) is 0 Å². The lowest BCUT2D eigenvalue weighted by Crippen LogP contribution is -2.38. The topological polar surface area (TPSA) is 91.8 Å². The number of imidazole rings is 1. The van der Waals surface area contributed by atoms with E-state index in [0.717, 1.165) is 48.4 Å². The van der Waals surface area contributed by atoms with Crippen molar-refractivity contribution in [3.8, 4) is 0 Å². The highest BCUT2D eigenvalue weighted by atomic mass is 16.2. The molecule has 0 bridgehead atoms. The second-order valence-electron chi connectivity index (χ2n) is 7.73. The maximum atomic E-state index is 13.0. The minimum absolute atomic E-state index is 0.148. The van der Waals surface area contributed by atoms with Gasteiger partial charge in [-0.25, -0.2) is 4.98 Å². The Morgan fingerprint density at radius 2 is 2.00 bits per heavy atom. The molecule has 2 aromatic heterocycles. The summed E-state index contributed by atoms with van der Waals surface area (Å²) in [6, 6.07) is 8.02. The molecule has 0 atom stereocenters. The Labute approximate surface area is 169 Å². The molecule has 7 heteroatoms. The van der Waals surface area contributed by atoms with Gasteiger partial charge < -0.3 is 20.2 Å². The summed E-state index contributed by atoms with van der Waals surface area (Å²) < 4.78 is 1.73. The zero-order valence-corrected chi connectivity index (χ0v) is 16.9. The third-order valence-electron chi connectivity index (χ3n) is 5.67. The summed E-state index contributed by atoms with van der Waals surface area (Å²) in [4.78, 5) is 33.7. The third-order valence-corrected chi connectivity index (χ3v) is 5.67. The molecule has 1 aliphatic rings. The summed E-state index contributed by atoms with van der Waals surface area (Å²) >= 11 is 0. The van der Waals surface area contributed by atoms with Crippen LogP contribution in [0.2, 0.25) is 0 Å². The minimum Gasteiger partial charge on any atom is -0.351 e. The normalized spacial score (nSPS) is 15.0. The summed E-state index contributed by atoms with van der Waals surface area (Å²) in [5.41, 5.74) is 3.82. The number of fused-ring (bicyclic) bond motifs is 1. The zero-order chi connectivity index (χ0) is 20.4. The van der Waals surface area contributed by atoms with E-state index in [1.807, 2.05) is 44.3 Å². The van der Waals surface area contributed by atoms with E-state index in [1.54, 1.807) is 4.57 Å². The van der Waals surface area contributed by atoms with Crippen molar-refractivity contribution in [2.45, 2.75) is 39.2 Å². The molecule has 3 aromatic rings. The van der Waals surface area contributed by atoms with Gasteiger partial charge in [-0.2, -0.15) is 0 Å². The Bertz CT molecular complexity index is 1090. The first-order valence-corrected chi connectivity index (χ1v) is 10.2. The van der Waals surface area contributed by atoms with E-state index in [-0.39, 0.29) is 23.1 Å². The predicted octanol–water partition coefficient (Wildman–Crippen LogP) is 2.24. The van der Waals surface area contributed by atoms with Crippen LogP contribution in [0.1, 0.15) is 46.2 Å². The van der Waals surface area contributed by atoms with E-state index >= 15 is 0 Å². The lowest BCUT2D eigenvalue weighted by Gasteiger charge is -2.25. The first kappa shape index (κ1) is 19.4. The molecule has 0 aliphatic carbocycles. The molecule has 29 heavy (non-hydrogen) atoms. The fourth-order valence-corrected chi connectivity index (χ4v) is 4.02. The number of aromatic amines is 1. The molecule has 1 amide bonds. The van der Waals surface area contributed by atoms with Crippen molar-refractivity contribution in [1.82, 2.24) is 25.2 Å². The maximum absolute atomic E-state index is 13.0. The largest absolute Gasteiger partial charge is 0.351 e. The SMILES string of the molecule is Cc1ccn(C2CCNCC2)c(=O)c1C(=O)NCCc1nc2c(C)cccc2[nH]1. The number of aryl methyl sites for hydroxylation is 2. The molecule has 0 unspecified atom stereocenters. The van der Waals surface area contributed by atoms with Crippen LogP contribution in [0.25, 0.3) is 11.0 Å². The average Bonchev–Trinajstić information content (AvgIpc) is 3.13. The van der Waals surface area contributed by atoms with Crippen LogP contribution in [0.3, 0.4) is 0 Å². The van der Waals surface area contributed by atoms with Gasteiger partial charge in [0.05, 0.1) is 11.0 Å². The van der Waals surface area contributed by atoms with Crippen LogP contribution in [0.5, 0.6) is 0 Å². The fraction of sp³-hybridized carbons (Fsp3) is 0.409. The molecule has 7 nitrogen and oxygen atoms in total. The molecule has 152 valence electrons. The van der Waals surface area contributed by atoms with E-state index in [9.17, 15) is 9.59 Å². The molecular formula is C22H27N5O2. The number of carbonyl (C=O) groups is 1. The van der Waals surface area contributed by atoms with Crippen LogP contribution in [0.4, 0.5) is 0 Å². The van der Waals surface area contributed by atoms with Crippen molar-refractivity contribution in [2.75, 3.05) is 19.6 Å². The lowest BCUT2D eigenvalue weighted by molar-refractivity contribution is 0.0951. The Balaban J connectivity index is 1.46.